The van der Waals surface area contributed by atoms with Crippen molar-refractivity contribution in [1.82, 2.24) is 4.90 Å². The van der Waals surface area contributed by atoms with Crippen LogP contribution in [0.1, 0.15) is 87.6 Å². The van der Waals surface area contributed by atoms with E-state index in [1.807, 2.05) is 6.08 Å². The first-order valence-electron chi connectivity index (χ1n) is 16.1. The lowest BCUT2D eigenvalue weighted by molar-refractivity contribution is -0.177. The Balaban J connectivity index is 1.36. The lowest BCUT2D eigenvalue weighted by Gasteiger charge is -2.71. The summed E-state index contributed by atoms with van der Waals surface area (Å²) in [7, 11) is 0. The first kappa shape index (κ1) is 29.7. The molecule has 6 aliphatic carbocycles. The Labute approximate surface area is 251 Å². The number of ketones is 1. The third-order valence-corrected chi connectivity index (χ3v) is 13.6. The summed E-state index contributed by atoms with van der Waals surface area (Å²) in [5.74, 6) is -0.371. The number of carbonyl (C=O) groups excluding carboxylic acids is 1. The van der Waals surface area contributed by atoms with E-state index >= 15 is 0 Å². The molecule has 2 spiro atoms. The van der Waals surface area contributed by atoms with Gasteiger partial charge >= 0.3 is 6.18 Å². The van der Waals surface area contributed by atoms with Crippen LogP contribution in [0.25, 0.3) is 0 Å². The van der Waals surface area contributed by atoms with E-state index in [2.05, 4.69) is 30.9 Å². The standard InChI is InChI=1S/C35H44F3NO4/c1-30-11-8-25(41)18-32(30)14-15-34(26(19-32)29(42)22-5-3-6-23(17-22)35(36,37)38)27(30)9-12-31(2)28(34)10-13-33(31,43)21-39-16-4-7-24(39)20-40/h3,5-6,14-15,17,19,24-25,27-28,40-41,43H,4,7-13,16,18,20-21H2,1-2H3. The van der Waals surface area contributed by atoms with Crippen molar-refractivity contribution in [3.63, 3.8) is 0 Å². The predicted octanol–water partition coefficient (Wildman–Crippen LogP) is 5.94. The second-order valence-electron chi connectivity index (χ2n) is 15.2. The smallest absolute Gasteiger partial charge is 0.395 e. The summed E-state index contributed by atoms with van der Waals surface area (Å²) in [6.07, 6.45) is 8.15. The van der Waals surface area contributed by atoms with Crippen molar-refractivity contribution in [2.24, 2.45) is 33.5 Å². The highest BCUT2D eigenvalue weighted by Gasteiger charge is 2.74. The fourth-order valence-electron chi connectivity index (χ4n) is 11.2. The number of halogens is 3. The van der Waals surface area contributed by atoms with Gasteiger partial charge in [-0.25, -0.2) is 0 Å². The average molecular weight is 600 g/mol. The zero-order valence-corrected chi connectivity index (χ0v) is 25.2. The number of fused-ring (bicyclic) bond motifs is 1. The fourth-order valence-corrected chi connectivity index (χ4v) is 11.2. The molecule has 43 heavy (non-hydrogen) atoms. The van der Waals surface area contributed by atoms with Gasteiger partial charge in [-0.05, 0) is 93.7 Å². The van der Waals surface area contributed by atoms with Crippen molar-refractivity contribution >= 4 is 5.78 Å². The maximum atomic E-state index is 14.6. The van der Waals surface area contributed by atoms with Gasteiger partial charge in [-0.3, -0.25) is 9.69 Å². The van der Waals surface area contributed by atoms with Gasteiger partial charge in [0.2, 0.25) is 0 Å². The molecule has 3 saturated carbocycles. The van der Waals surface area contributed by atoms with Crippen LogP contribution in [0.4, 0.5) is 13.2 Å². The summed E-state index contributed by atoms with van der Waals surface area (Å²) < 4.78 is 41.2. The van der Waals surface area contributed by atoms with Gasteiger partial charge in [-0.2, -0.15) is 13.2 Å². The topological polar surface area (TPSA) is 81.0 Å². The lowest BCUT2D eigenvalue weighted by atomic mass is 9.32. The highest BCUT2D eigenvalue weighted by atomic mass is 19.4. The third-order valence-electron chi connectivity index (χ3n) is 13.6. The second-order valence-corrected chi connectivity index (χ2v) is 15.2. The molecule has 1 aromatic carbocycles. The maximum absolute atomic E-state index is 14.6. The van der Waals surface area contributed by atoms with Crippen LogP contribution in [0.2, 0.25) is 0 Å². The number of carbonyl (C=O) groups is 1. The second kappa shape index (κ2) is 9.51. The Morgan fingerprint density at radius 2 is 1.74 bits per heavy atom. The average Bonchev–Trinajstić information content (AvgIpc) is 3.52. The number of hydrogen-bond donors (Lipinski definition) is 3. The number of nitrogens with zero attached hydrogens (tertiary/aromatic N) is 1. The van der Waals surface area contributed by atoms with Gasteiger partial charge in [-0.1, -0.05) is 44.2 Å². The number of β-amino-alcohol motifs (C(OH)–C–C–N with tert-alkyl or cyclic N) is 1. The number of aliphatic hydroxyl groups is 3. The van der Waals surface area contributed by atoms with Crippen molar-refractivity contribution in [1.29, 1.82) is 0 Å². The number of aliphatic hydroxyl groups excluding tert-OH is 2. The third kappa shape index (κ3) is 3.88. The molecule has 4 fully saturated rings. The molecule has 1 saturated heterocycles. The molecule has 0 radical (unpaired) electrons. The summed E-state index contributed by atoms with van der Waals surface area (Å²) in [5, 5.41) is 33.4. The largest absolute Gasteiger partial charge is 0.416 e. The van der Waals surface area contributed by atoms with E-state index in [0.717, 1.165) is 50.8 Å². The Morgan fingerprint density at radius 3 is 2.49 bits per heavy atom. The van der Waals surface area contributed by atoms with Crippen molar-refractivity contribution in [2.75, 3.05) is 19.7 Å². The van der Waals surface area contributed by atoms with Crippen LogP contribution in [0.3, 0.4) is 0 Å². The van der Waals surface area contributed by atoms with Crippen LogP contribution >= 0.6 is 0 Å². The first-order chi connectivity index (χ1) is 20.2. The molecular formula is C35H44F3NO4. The van der Waals surface area contributed by atoms with Gasteiger partial charge in [0.15, 0.2) is 5.78 Å². The fraction of sp³-hybridized carbons (Fsp3) is 0.686. The zero-order valence-electron chi connectivity index (χ0n) is 25.2. The number of benzene rings is 1. The minimum atomic E-state index is -4.56. The number of rotatable bonds is 5. The number of likely N-dealkylation sites (tertiary alicyclic amines) is 1. The van der Waals surface area contributed by atoms with E-state index in [4.69, 9.17) is 0 Å². The van der Waals surface area contributed by atoms with Crippen molar-refractivity contribution in [2.45, 2.75) is 95.6 Å². The van der Waals surface area contributed by atoms with Crippen LogP contribution in [0, 0.1) is 33.5 Å². The van der Waals surface area contributed by atoms with E-state index in [1.54, 1.807) is 0 Å². The molecule has 8 heteroatoms. The highest BCUT2D eigenvalue weighted by molar-refractivity contribution is 6.10. The van der Waals surface area contributed by atoms with Crippen molar-refractivity contribution in [3.05, 3.63) is 59.2 Å². The molecule has 3 N–H and O–H groups in total. The van der Waals surface area contributed by atoms with Crippen LogP contribution < -0.4 is 0 Å². The normalized spacial score (nSPS) is 45.4. The van der Waals surface area contributed by atoms with Gasteiger partial charge in [0.1, 0.15) is 0 Å². The lowest BCUT2D eigenvalue weighted by Crippen LogP contribution is -2.67. The molecule has 0 amide bonds. The van der Waals surface area contributed by atoms with Crippen molar-refractivity contribution < 1.29 is 33.3 Å². The summed E-state index contributed by atoms with van der Waals surface area (Å²) in [6.45, 7) is 5.84. The summed E-state index contributed by atoms with van der Waals surface area (Å²) in [4.78, 5) is 16.8. The number of alkyl halides is 3. The minimum absolute atomic E-state index is 0.0352. The van der Waals surface area contributed by atoms with E-state index in [1.165, 1.54) is 12.1 Å². The predicted molar refractivity (Wildman–Crippen MR) is 156 cm³/mol. The van der Waals surface area contributed by atoms with E-state index in [0.29, 0.717) is 37.8 Å². The van der Waals surface area contributed by atoms with Gasteiger partial charge in [0.25, 0.3) is 0 Å². The first-order valence-corrected chi connectivity index (χ1v) is 16.1. The quantitative estimate of drug-likeness (QED) is 0.289. The van der Waals surface area contributed by atoms with Gasteiger partial charge in [0, 0.05) is 40.0 Å². The minimum Gasteiger partial charge on any atom is -0.395 e. The van der Waals surface area contributed by atoms with Crippen LogP contribution in [-0.2, 0) is 6.18 Å². The molecule has 1 heterocycles. The summed E-state index contributed by atoms with van der Waals surface area (Å²) in [5.41, 5.74) is -3.26. The molecule has 234 valence electrons. The van der Waals surface area contributed by atoms with Gasteiger partial charge < -0.3 is 15.3 Å². The van der Waals surface area contributed by atoms with Crippen molar-refractivity contribution in [3.8, 4) is 0 Å². The maximum Gasteiger partial charge on any atom is 0.416 e. The molecule has 0 aromatic heterocycles. The van der Waals surface area contributed by atoms with Crippen LogP contribution in [0.5, 0.6) is 0 Å². The molecule has 2 bridgehead atoms. The summed E-state index contributed by atoms with van der Waals surface area (Å²) in [6, 6.07) is 4.80. The molecule has 1 aliphatic heterocycles. The SMILES string of the molecule is CC12CCC(O)CC13C=CC1(C(C(=O)c4cccc(C(F)(F)F)c4)=C3)C2CCC2(C)C1CCC2(O)CN1CCCC1CO. The molecule has 7 aliphatic rings. The number of hydrogen-bond acceptors (Lipinski definition) is 5. The molecule has 9 atom stereocenters. The highest BCUT2D eigenvalue weighted by Crippen LogP contribution is 2.78. The molecule has 9 unspecified atom stereocenters. The Bertz CT molecular complexity index is 1390. The zero-order chi connectivity index (χ0) is 30.6. The monoisotopic (exact) mass is 599 g/mol. The Hall–Kier alpha value is -2.00. The van der Waals surface area contributed by atoms with E-state index in [-0.39, 0.29) is 41.2 Å². The summed E-state index contributed by atoms with van der Waals surface area (Å²) >= 11 is 0. The molecule has 8 rings (SSSR count). The van der Waals surface area contributed by atoms with Gasteiger partial charge in [0.05, 0.1) is 23.9 Å². The van der Waals surface area contributed by atoms with Crippen LogP contribution in [-0.4, -0.2) is 63.4 Å². The number of allylic oxidation sites excluding steroid dienone is 4. The Kier molecular flexibility index (Phi) is 6.57. The van der Waals surface area contributed by atoms with Gasteiger partial charge in [-0.15, -0.1) is 0 Å². The molecule has 5 nitrogen and oxygen atoms in total. The molecular weight excluding hydrogens is 555 g/mol. The van der Waals surface area contributed by atoms with E-state index < -0.39 is 39.7 Å². The van der Waals surface area contributed by atoms with Crippen LogP contribution in [0.15, 0.2) is 48.1 Å². The number of Topliss-reactive ketones (excluding diaryl/α,β-unsaturated/α-hetero) is 1. The van der Waals surface area contributed by atoms with E-state index in [9.17, 15) is 33.3 Å². The Morgan fingerprint density at radius 1 is 1.02 bits per heavy atom. The molecule has 1 aromatic rings.